The summed E-state index contributed by atoms with van der Waals surface area (Å²) in [6.45, 7) is 5.36. The van der Waals surface area contributed by atoms with Crippen molar-refractivity contribution >= 4 is 5.91 Å². The van der Waals surface area contributed by atoms with Crippen LogP contribution in [0.1, 0.15) is 29.8 Å². The first-order valence-corrected chi connectivity index (χ1v) is 9.37. The molecule has 3 rings (SSSR count). The zero-order valence-electron chi connectivity index (χ0n) is 16.5. The molecule has 0 bridgehead atoms. The molecule has 0 unspecified atom stereocenters. The van der Waals surface area contributed by atoms with Gasteiger partial charge in [-0.05, 0) is 24.1 Å². The van der Waals surface area contributed by atoms with Crippen LogP contribution in [0.25, 0.3) is 11.3 Å². The Bertz CT molecular complexity index is 909. The van der Waals surface area contributed by atoms with Crippen molar-refractivity contribution in [1.29, 1.82) is 0 Å². The van der Waals surface area contributed by atoms with E-state index in [9.17, 15) is 4.79 Å². The Balaban J connectivity index is 1.70. The molecule has 1 aromatic heterocycles. The number of benzene rings is 2. The number of carbonyl (C=O) groups is 1. The van der Waals surface area contributed by atoms with Crippen LogP contribution in [0.2, 0.25) is 0 Å². The molecule has 0 saturated heterocycles. The molecular weight excluding hydrogens is 350 g/mol. The first-order chi connectivity index (χ1) is 13.5. The van der Waals surface area contributed by atoms with Gasteiger partial charge in [0.1, 0.15) is 5.75 Å². The molecule has 0 aliphatic carbocycles. The van der Waals surface area contributed by atoms with Crippen LogP contribution in [0.5, 0.6) is 5.75 Å². The predicted molar refractivity (Wildman–Crippen MR) is 110 cm³/mol. The highest BCUT2D eigenvalue weighted by Crippen LogP contribution is 2.22. The lowest BCUT2D eigenvalue weighted by atomic mass is 10.1. The van der Waals surface area contributed by atoms with Crippen LogP contribution in [0.15, 0.2) is 67.1 Å². The fraction of sp³-hybridized carbons (Fsp3) is 0.261. The molecule has 2 aromatic carbocycles. The van der Waals surface area contributed by atoms with E-state index in [0.717, 1.165) is 22.6 Å². The molecule has 1 heterocycles. The number of aromatic nitrogens is 2. The Labute approximate surface area is 166 Å². The van der Waals surface area contributed by atoms with Crippen LogP contribution >= 0.6 is 0 Å². The number of rotatable bonds is 7. The zero-order chi connectivity index (χ0) is 19.9. The predicted octanol–water partition coefficient (Wildman–Crippen LogP) is 4.45. The molecule has 144 valence electrons. The van der Waals surface area contributed by atoms with E-state index in [1.54, 1.807) is 30.5 Å². The largest absolute Gasteiger partial charge is 0.493 e. The van der Waals surface area contributed by atoms with Crippen molar-refractivity contribution in [2.75, 3.05) is 13.7 Å². The summed E-state index contributed by atoms with van der Waals surface area (Å²) in [5.41, 5.74) is 3.34. The van der Waals surface area contributed by atoms with Gasteiger partial charge in [-0.2, -0.15) is 0 Å². The zero-order valence-corrected chi connectivity index (χ0v) is 16.5. The van der Waals surface area contributed by atoms with E-state index in [1.807, 2.05) is 48.5 Å². The van der Waals surface area contributed by atoms with Crippen LogP contribution in [0, 0.1) is 5.92 Å². The van der Waals surface area contributed by atoms with Gasteiger partial charge in [0.2, 0.25) is 0 Å². The fourth-order valence-corrected chi connectivity index (χ4v) is 2.81. The summed E-state index contributed by atoms with van der Waals surface area (Å²) in [5, 5.41) is 0. The lowest BCUT2D eigenvalue weighted by Gasteiger charge is -2.20. The number of para-hydroxylation sites is 1. The van der Waals surface area contributed by atoms with Gasteiger partial charge in [0.15, 0.2) is 0 Å². The van der Waals surface area contributed by atoms with Gasteiger partial charge in [0.25, 0.3) is 5.91 Å². The maximum absolute atomic E-state index is 12.8. The molecule has 0 atom stereocenters. The third-order valence-corrected chi connectivity index (χ3v) is 4.29. The van der Waals surface area contributed by atoms with E-state index in [1.165, 1.54) is 0 Å². The molecule has 0 aliphatic rings. The van der Waals surface area contributed by atoms with Crippen molar-refractivity contribution in [2.45, 2.75) is 20.4 Å². The molecule has 28 heavy (non-hydrogen) atoms. The van der Waals surface area contributed by atoms with Crippen LogP contribution in [0.3, 0.4) is 0 Å². The van der Waals surface area contributed by atoms with E-state index in [0.29, 0.717) is 24.6 Å². The maximum Gasteiger partial charge on any atom is 0.253 e. The van der Waals surface area contributed by atoms with Crippen molar-refractivity contribution in [3.63, 3.8) is 0 Å². The van der Waals surface area contributed by atoms with Gasteiger partial charge in [0, 0.05) is 42.7 Å². The smallest absolute Gasteiger partial charge is 0.253 e. The number of carbonyl (C=O) groups excluding carboxylic acids is 1. The number of amides is 1. The van der Waals surface area contributed by atoms with E-state index in [4.69, 9.17) is 4.74 Å². The lowest BCUT2D eigenvalue weighted by Crippen LogP contribution is -2.26. The summed E-state index contributed by atoms with van der Waals surface area (Å²) >= 11 is 0. The van der Waals surface area contributed by atoms with Gasteiger partial charge in [0.05, 0.1) is 18.5 Å². The molecule has 5 heteroatoms. The van der Waals surface area contributed by atoms with E-state index in [-0.39, 0.29) is 5.91 Å². The summed E-state index contributed by atoms with van der Waals surface area (Å²) in [5.74, 6) is 1.23. The minimum Gasteiger partial charge on any atom is -0.493 e. The quantitative estimate of drug-likeness (QED) is 0.612. The second-order valence-corrected chi connectivity index (χ2v) is 7.14. The van der Waals surface area contributed by atoms with E-state index in [2.05, 4.69) is 23.8 Å². The Hall–Kier alpha value is -3.21. The monoisotopic (exact) mass is 375 g/mol. The van der Waals surface area contributed by atoms with Crippen molar-refractivity contribution in [2.24, 2.45) is 5.92 Å². The second kappa shape index (κ2) is 9.13. The molecule has 0 saturated carbocycles. The molecule has 0 spiro atoms. The molecular formula is C23H25N3O2. The Morgan fingerprint density at radius 3 is 2.50 bits per heavy atom. The van der Waals surface area contributed by atoms with Crippen molar-refractivity contribution < 1.29 is 9.53 Å². The normalized spacial score (nSPS) is 10.7. The summed E-state index contributed by atoms with van der Waals surface area (Å²) in [4.78, 5) is 22.9. The number of hydrogen-bond donors (Lipinski definition) is 0. The van der Waals surface area contributed by atoms with Gasteiger partial charge in [-0.3, -0.25) is 14.8 Å². The summed E-state index contributed by atoms with van der Waals surface area (Å²) in [6.07, 6.45) is 5.00. The third-order valence-electron chi connectivity index (χ3n) is 4.29. The van der Waals surface area contributed by atoms with Crippen LogP contribution in [-0.2, 0) is 6.54 Å². The summed E-state index contributed by atoms with van der Waals surface area (Å²) in [7, 11) is 1.80. The van der Waals surface area contributed by atoms with Crippen LogP contribution in [-0.4, -0.2) is 34.4 Å². The lowest BCUT2D eigenvalue weighted by molar-refractivity contribution is 0.0783. The average molecular weight is 375 g/mol. The molecule has 0 radical (unpaired) electrons. The molecule has 3 aromatic rings. The Morgan fingerprint density at radius 1 is 1.07 bits per heavy atom. The summed E-state index contributed by atoms with van der Waals surface area (Å²) in [6, 6.07) is 15.3. The van der Waals surface area contributed by atoms with Crippen LogP contribution in [0.4, 0.5) is 0 Å². The molecule has 0 aliphatic heterocycles. The number of nitrogens with zero attached hydrogens (tertiary/aromatic N) is 3. The first-order valence-electron chi connectivity index (χ1n) is 9.37. The van der Waals surface area contributed by atoms with Gasteiger partial charge < -0.3 is 9.64 Å². The van der Waals surface area contributed by atoms with Gasteiger partial charge in [-0.25, -0.2) is 0 Å². The minimum absolute atomic E-state index is 0.0376. The number of ether oxygens (including phenoxy) is 1. The third kappa shape index (κ3) is 4.94. The maximum atomic E-state index is 12.8. The topological polar surface area (TPSA) is 55.3 Å². The van der Waals surface area contributed by atoms with Crippen molar-refractivity contribution in [3.8, 4) is 17.0 Å². The highest BCUT2D eigenvalue weighted by molar-refractivity contribution is 5.94. The standard InChI is InChI=1S/C23H25N3O2/c1-17(2)16-28-22-7-5-4-6-20(22)15-26(3)23(27)19-10-8-18(9-11-19)21-14-24-12-13-25-21/h4-14,17H,15-16H2,1-3H3. The van der Waals surface area contributed by atoms with E-state index < -0.39 is 0 Å². The van der Waals surface area contributed by atoms with Gasteiger partial charge in [-0.15, -0.1) is 0 Å². The first kappa shape index (κ1) is 19.5. The van der Waals surface area contributed by atoms with Gasteiger partial charge in [-0.1, -0.05) is 44.2 Å². The molecule has 0 fully saturated rings. The fourth-order valence-electron chi connectivity index (χ4n) is 2.81. The Kier molecular flexibility index (Phi) is 6.37. The Morgan fingerprint density at radius 2 is 1.82 bits per heavy atom. The minimum atomic E-state index is -0.0376. The van der Waals surface area contributed by atoms with Crippen LogP contribution < -0.4 is 4.74 Å². The SMILES string of the molecule is CC(C)COc1ccccc1CN(C)C(=O)c1ccc(-c2cnccn2)cc1. The molecule has 0 N–H and O–H groups in total. The highest BCUT2D eigenvalue weighted by Gasteiger charge is 2.14. The van der Waals surface area contributed by atoms with Crippen molar-refractivity contribution in [3.05, 3.63) is 78.2 Å². The average Bonchev–Trinajstić information content (AvgIpc) is 2.73. The summed E-state index contributed by atoms with van der Waals surface area (Å²) < 4.78 is 5.90. The molecule has 5 nitrogen and oxygen atoms in total. The second-order valence-electron chi connectivity index (χ2n) is 7.14. The highest BCUT2D eigenvalue weighted by atomic mass is 16.5. The van der Waals surface area contributed by atoms with E-state index >= 15 is 0 Å². The van der Waals surface area contributed by atoms with Gasteiger partial charge >= 0.3 is 0 Å². The number of hydrogen-bond acceptors (Lipinski definition) is 4. The molecule has 1 amide bonds. The van der Waals surface area contributed by atoms with Crippen molar-refractivity contribution in [1.82, 2.24) is 14.9 Å².